The molecule has 0 aliphatic heterocycles. The molecule has 0 radical (unpaired) electrons. The highest BCUT2D eigenvalue weighted by atomic mass is 16.2. The van der Waals surface area contributed by atoms with Crippen LogP contribution in [0.3, 0.4) is 0 Å². The lowest BCUT2D eigenvalue weighted by Gasteiger charge is -2.18. The maximum absolute atomic E-state index is 11.8. The van der Waals surface area contributed by atoms with Crippen LogP contribution in [0.2, 0.25) is 0 Å². The lowest BCUT2D eigenvalue weighted by molar-refractivity contribution is -0.121. The standard InChI is InChI=1S/C13H24N6O/c1-6-15-13(20)9(5)16-11-8(4)12(19-14)18-10(17-11)7(2)3/h7,9H,6,14H2,1-5H3,(H,15,20)(H2,16,17,18,19). The number of nitrogen functional groups attached to an aromatic ring is 1. The molecule has 20 heavy (non-hydrogen) atoms. The molecule has 0 aromatic carbocycles. The lowest BCUT2D eigenvalue weighted by atomic mass is 10.2. The van der Waals surface area contributed by atoms with Crippen LogP contribution in [-0.2, 0) is 4.79 Å². The number of amides is 1. The van der Waals surface area contributed by atoms with E-state index in [2.05, 4.69) is 26.0 Å². The van der Waals surface area contributed by atoms with Gasteiger partial charge in [0.15, 0.2) is 0 Å². The van der Waals surface area contributed by atoms with E-state index in [1.807, 2.05) is 27.7 Å². The normalized spacial score (nSPS) is 12.2. The largest absolute Gasteiger partial charge is 0.358 e. The molecule has 7 nitrogen and oxygen atoms in total. The fraction of sp³-hybridized carbons (Fsp3) is 0.615. The van der Waals surface area contributed by atoms with E-state index >= 15 is 0 Å². The summed E-state index contributed by atoms with van der Waals surface area (Å²) in [6.45, 7) is 10.1. The zero-order valence-corrected chi connectivity index (χ0v) is 12.7. The van der Waals surface area contributed by atoms with Crippen LogP contribution in [0.25, 0.3) is 0 Å². The number of aromatic nitrogens is 2. The number of hydrogen-bond donors (Lipinski definition) is 4. The van der Waals surface area contributed by atoms with Gasteiger partial charge in [0.2, 0.25) is 5.91 Å². The van der Waals surface area contributed by atoms with Crippen molar-refractivity contribution in [2.24, 2.45) is 5.84 Å². The predicted octanol–water partition coefficient (Wildman–Crippen LogP) is 1.13. The summed E-state index contributed by atoms with van der Waals surface area (Å²) in [7, 11) is 0. The number of likely N-dealkylation sites (N-methyl/N-ethyl adjacent to an activating group) is 1. The molecule has 1 atom stereocenters. The van der Waals surface area contributed by atoms with Gasteiger partial charge in [0, 0.05) is 18.0 Å². The molecule has 0 aliphatic rings. The Morgan fingerprint density at radius 2 is 1.85 bits per heavy atom. The summed E-state index contributed by atoms with van der Waals surface area (Å²) in [5.74, 6) is 7.44. The topological polar surface area (TPSA) is 105 Å². The highest BCUT2D eigenvalue weighted by Crippen LogP contribution is 2.22. The fourth-order valence-corrected chi connectivity index (χ4v) is 1.67. The van der Waals surface area contributed by atoms with Crippen molar-refractivity contribution < 1.29 is 4.79 Å². The average Bonchev–Trinajstić information content (AvgIpc) is 2.40. The molecule has 1 aromatic rings. The molecule has 1 aromatic heterocycles. The third-order valence-electron chi connectivity index (χ3n) is 2.91. The Labute approximate surface area is 119 Å². The van der Waals surface area contributed by atoms with Crippen LogP contribution in [0.1, 0.15) is 45.0 Å². The third-order valence-corrected chi connectivity index (χ3v) is 2.91. The smallest absolute Gasteiger partial charge is 0.242 e. The lowest BCUT2D eigenvalue weighted by Crippen LogP contribution is -2.37. The summed E-state index contributed by atoms with van der Waals surface area (Å²) in [5.41, 5.74) is 3.35. The minimum atomic E-state index is -0.380. The van der Waals surface area contributed by atoms with Crippen molar-refractivity contribution in [3.63, 3.8) is 0 Å². The monoisotopic (exact) mass is 280 g/mol. The SMILES string of the molecule is CCNC(=O)C(C)Nc1nc(C(C)C)nc(NN)c1C. The number of anilines is 2. The summed E-state index contributed by atoms with van der Waals surface area (Å²) in [6.07, 6.45) is 0. The summed E-state index contributed by atoms with van der Waals surface area (Å²) >= 11 is 0. The number of rotatable bonds is 6. The first kappa shape index (κ1) is 16.2. The van der Waals surface area contributed by atoms with Crippen molar-refractivity contribution in [1.82, 2.24) is 15.3 Å². The number of nitrogens with one attached hydrogen (secondary N) is 3. The molecule has 0 bridgehead atoms. The van der Waals surface area contributed by atoms with E-state index in [-0.39, 0.29) is 17.9 Å². The van der Waals surface area contributed by atoms with Gasteiger partial charge in [-0.2, -0.15) is 0 Å². The van der Waals surface area contributed by atoms with E-state index in [9.17, 15) is 4.79 Å². The Morgan fingerprint density at radius 1 is 1.25 bits per heavy atom. The van der Waals surface area contributed by atoms with Gasteiger partial charge in [-0.1, -0.05) is 13.8 Å². The predicted molar refractivity (Wildman–Crippen MR) is 80.4 cm³/mol. The molecule has 0 fully saturated rings. The number of nitrogens with zero attached hydrogens (tertiary/aromatic N) is 2. The van der Waals surface area contributed by atoms with Gasteiger partial charge in [-0.3, -0.25) is 4.79 Å². The van der Waals surface area contributed by atoms with Gasteiger partial charge < -0.3 is 16.1 Å². The summed E-state index contributed by atoms with van der Waals surface area (Å²) in [4.78, 5) is 20.6. The second-order valence-electron chi connectivity index (χ2n) is 4.96. The van der Waals surface area contributed by atoms with Crippen LogP contribution in [0.15, 0.2) is 0 Å². The van der Waals surface area contributed by atoms with Crippen molar-refractivity contribution in [2.45, 2.75) is 46.6 Å². The molecule has 1 unspecified atom stereocenters. The van der Waals surface area contributed by atoms with Crippen molar-refractivity contribution in [3.8, 4) is 0 Å². The molecule has 112 valence electrons. The van der Waals surface area contributed by atoms with Crippen molar-refractivity contribution in [2.75, 3.05) is 17.3 Å². The van der Waals surface area contributed by atoms with Crippen LogP contribution in [0.4, 0.5) is 11.6 Å². The van der Waals surface area contributed by atoms with Crippen molar-refractivity contribution >= 4 is 17.5 Å². The minimum Gasteiger partial charge on any atom is -0.358 e. The zero-order valence-electron chi connectivity index (χ0n) is 12.7. The molecular weight excluding hydrogens is 256 g/mol. The first-order valence-electron chi connectivity index (χ1n) is 6.80. The number of hydrogen-bond acceptors (Lipinski definition) is 6. The van der Waals surface area contributed by atoms with Crippen LogP contribution < -0.4 is 21.9 Å². The Bertz CT molecular complexity index is 474. The number of hydrazine groups is 1. The van der Waals surface area contributed by atoms with Crippen molar-refractivity contribution in [3.05, 3.63) is 11.4 Å². The second-order valence-corrected chi connectivity index (χ2v) is 4.96. The van der Waals surface area contributed by atoms with Crippen molar-refractivity contribution in [1.29, 1.82) is 0 Å². The molecular formula is C13H24N6O. The average molecular weight is 280 g/mol. The van der Waals surface area contributed by atoms with E-state index in [4.69, 9.17) is 5.84 Å². The Balaban J connectivity index is 3.04. The molecule has 1 rings (SSSR count). The zero-order chi connectivity index (χ0) is 15.3. The molecule has 1 amide bonds. The van der Waals surface area contributed by atoms with Gasteiger partial charge >= 0.3 is 0 Å². The number of carbonyl (C=O) groups is 1. The number of nitrogens with two attached hydrogens (primary N) is 1. The van der Waals surface area contributed by atoms with E-state index in [1.54, 1.807) is 6.92 Å². The van der Waals surface area contributed by atoms with Gasteiger partial charge in [0.25, 0.3) is 0 Å². The maximum atomic E-state index is 11.8. The molecule has 0 saturated carbocycles. The first-order chi connectivity index (χ1) is 9.40. The Hall–Kier alpha value is -1.89. The summed E-state index contributed by atoms with van der Waals surface area (Å²) < 4.78 is 0. The van der Waals surface area contributed by atoms with Gasteiger partial charge in [-0.05, 0) is 20.8 Å². The summed E-state index contributed by atoms with van der Waals surface area (Å²) in [6, 6.07) is -0.380. The van der Waals surface area contributed by atoms with Gasteiger partial charge in [0.1, 0.15) is 23.5 Å². The minimum absolute atomic E-state index is 0.0705. The second kappa shape index (κ2) is 7.04. The quantitative estimate of drug-likeness (QED) is 0.460. The Morgan fingerprint density at radius 3 is 2.35 bits per heavy atom. The van der Waals surface area contributed by atoms with Crippen LogP contribution in [0, 0.1) is 6.92 Å². The molecule has 0 aliphatic carbocycles. The van der Waals surface area contributed by atoms with Gasteiger partial charge in [0.05, 0.1) is 0 Å². The molecule has 1 heterocycles. The van der Waals surface area contributed by atoms with E-state index in [1.165, 1.54) is 0 Å². The molecule has 0 spiro atoms. The van der Waals surface area contributed by atoms with E-state index < -0.39 is 0 Å². The Kier molecular flexibility index (Phi) is 5.69. The first-order valence-corrected chi connectivity index (χ1v) is 6.80. The van der Waals surface area contributed by atoms with Gasteiger partial charge in [-0.15, -0.1) is 0 Å². The molecule has 7 heteroatoms. The fourth-order valence-electron chi connectivity index (χ4n) is 1.67. The summed E-state index contributed by atoms with van der Waals surface area (Å²) in [5, 5.41) is 5.87. The van der Waals surface area contributed by atoms with Crippen LogP contribution >= 0.6 is 0 Å². The van der Waals surface area contributed by atoms with E-state index in [0.717, 1.165) is 5.56 Å². The highest BCUT2D eigenvalue weighted by molar-refractivity contribution is 5.84. The maximum Gasteiger partial charge on any atom is 0.242 e. The van der Waals surface area contributed by atoms with Gasteiger partial charge in [-0.25, -0.2) is 15.8 Å². The molecule has 0 saturated heterocycles. The number of carbonyl (C=O) groups excluding carboxylic acids is 1. The highest BCUT2D eigenvalue weighted by Gasteiger charge is 2.17. The van der Waals surface area contributed by atoms with Crippen LogP contribution in [-0.4, -0.2) is 28.5 Å². The van der Waals surface area contributed by atoms with E-state index in [0.29, 0.717) is 24.0 Å². The van der Waals surface area contributed by atoms with Crippen LogP contribution in [0.5, 0.6) is 0 Å². The molecule has 5 N–H and O–H groups in total. The third kappa shape index (κ3) is 3.80.